The van der Waals surface area contributed by atoms with Gasteiger partial charge in [0.25, 0.3) is 0 Å². The molecule has 0 saturated heterocycles. The summed E-state index contributed by atoms with van der Waals surface area (Å²) in [6.07, 6.45) is 3.10. The predicted octanol–water partition coefficient (Wildman–Crippen LogP) is 3.27. The molecule has 5 heteroatoms. The van der Waals surface area contributed by atoms with E-state index in [0.29, 0.717) is 12.3 Å². The third-order valence-electron chi connectivity index (χ3n) is 3.67. The van der Waals surface area contributed by atoms with E-state index in [9.17, 15) is 0 Å². The van der Waals surface area contributed by atoms with Crippen LogP contribution in [-0.2, 0) is 12.8 Å². The van der Waals surface area contributed by atoms with Crippen molar-refractivity contribution < 1.29 is 8.94 Å². The molecule has 0 aliphatic heterocycles. The van der Waals surface area contributed by atoms with E-state index in [1.807, 2.05) is 12.1 Å². The number of aryl methyl sites for hydroxylation is 1. The predicted molar refractivity (Wildman–Crippen MR) is 80.0 cm³/mol. The quantitative estimate of drug-likeness (QED) is 0.753. The second kappa shape index (κ2) is 6.10. The van der Waals surface area contributed by atoms with Crippen molar-refractivity contribution in [1.29, 1.82) is 0 Å². The van der Waals surface area contributed by atoms with Crippen LogP contribution in [0.1, 0.15) is 37.1 Å². The lowest BCUT2D eigenvalue weighted by atomic mass is 10.1. The average Bonchev–Trinajstić information content (AvgIpc) is 3.13. The summed E-state index contributed by atoms with van der Waals surface area (Å²) in [5.74, 6) is 1.67. The maximum atomic E-state index is 6.03. The molecule has 0 radical (unpaired) electrons. The Morgan fingerprint density at radius 3 is 2.90 bits per heavy atom. The average molecular weight is 285 g/mol. The SMILES string of the molecule is CCc1c(C(C)NCCc2ncno2)oc2ccccc12. The topological polar surface area (TPSA) is 64.1 Å². The number of benzene rings is 1. The fourth-order valence-electron chi connectivity index (χ4n) is 2.63. The van der Waals surface area contributed by atoms with E-state index in [0.717, 1.165) is 24.3 Å². The first-order valence-electron chi connectivity index (χ1n) is 7.28. The molecule has 2 aromatic heterocycles. The van der Waals surface area contributed by atoms with Gasteiger partial charge in [0.2, 0.25) is 5.89 Å². The zero-order valence-corrected chi connectivity index (χ0v) is 12.3. The molecule has 3 rings (SSSR count). The summed E-state index contributed by atoms with van der Waals surface area (Å²) in [5.41, 5.74) is 2.23. The molecule has 1 N–H and O–H groups in total. The first-order chi connectivity index (χ1) is 10.3. The first kappa shape index (κ1) is 13.8. The highest BCUT2D eigenvalue weighted by Crippen LogP contribution is 2.30. The highest BCUT2D eigenvalue weighted by atomic mass is 16.5. The van der Waals surface area contributed by atoms with Gasteiger partial charge in [0.15, 0.2) is 6.33 Å². The maximum absolute atomic E-state index is 6.03. The van der Waals surface area contributed by atoms with Crippen molar-refractivity contribution in [3.05, 3.63) is 47.8 Å². The number of rotatable bonds is 6. The van der Waals surface area contributed by atoms with Crippen LogP contribution in [0.4, 0.5) is 0 Å². The van der Waals surface area contributed by atoms with E-state index < -0.39 is 0 Å². The van der Waals surface area contributed by atoms with Gasteiger partial charge in [-0.2, -0.15) is 4.98 Å². The molecule has 3 aromatic rings. The third-order valence-corrected chi connectivity index (χ3v) is 3.67. The second-order valence-electron chi connectivity index (χ2n) is 5.06. The fourth-order valence-corrected chi connectivity index (χ4v) is 2.63. The minimum atomic E-state index is 0.148. The van der Waals surface area contributed by atoms with E-state index >= 15 is 0 Å². The molecule has 0 saturated carbocycles. The smallest absolute Gasteiger partial charge is 0.227 e. The van der Waals surface area contributed by atoms with Crippen LogP contribution in [-0.4, -0.2) is 16.7 Å². The van der Waals surface area contributed by atoms with Gasteiger partial charge in [-0.25, -0.2) is 0 Å². The van der Waals surface area contributed by atoms with E-state index in [-0.39, 0.29) is 6.04 Å². The summed E-state index contributed by atoms with van der Waals surface area (Å²) in [7, 11) is 0. The van der Waals surface area contributed by atoms with Gasteiger partial charge in [0, 0.05) is 23.9 Å². The van der Waals surface area contributed by atoms with Crippen molar-refractivity contribution >= 4 is 11.0 Å². The first-order valence-corrected chi connectivity index (χ1v) is 7.28. The molecule has 21 heavy (non-hydrogen) atoms. The number of aromatic nitrogens is 2. The van der Waals surface area contributed by atoms with E-state index in [4.69, 9.17) is 8.94 Å². The lowest BCUT2D eigenvalue weighted by molar-refractivity contribution is 0.368. The van der Waals surface area contributed by atoms with Crippen LogP contribution in [0.15, 0.2) is 39.5 Å². The summed E-state index contributed by atoms with van der Waals surface area (Å²) >= 11 is 0. The molecule has 0 aliphatic rings. The van der Waals surface area contributed by atoms with Crippen molar-refractivity contribution in [3.63, 3.8) is 0 Å². The molecule has 110 valence electrons. The minimum absolute atomic E-state index is 0.148. The summed E-state index contributed by atoms with van der Waals surface area (Å²) in [6, 6.07) is 8.34. The number of para-hydroxylation sites is 1. The highest BCUT2D eigenvalue weighted by molar-refractivity contribution is 5.82. The standard InChI is InChI=1S/C16H19N3O2/c1-3-12-13-6-4-5-7-14(13)20-16(12)11(2)17-9-8-15-18-10-19-21-15/h4-7,10-11,17H,3,8-9H2,1-2H3. The number of nitrogens with zero attached hydrogens (tertiary/aromatic N) is 2. The molecule has 2 heterocycles. The molecular weight excluding hydrogens is 266 g/mol. The Bertz CT molecular complexity index is 703. The van der Waals surface area contributed by atoms with Crippen LogP contribution in [0.2, 0.25) is 0 Å². The minimum Gasteiger partial charge on any atom is -0.459 e. The Morgan fingerprint density at radius 2 is 2.14 bits per heavy atom. The lowest BCUT2D eigenvalue weighted by Crippen LogP contribution is -2.21. The van der Waals surface area contributed by atoms with Crippen LogP contribution in [0.25, 0.3) is 11.0 Å². The zero-order valence-electron chi connectivity index (χ0n) is 12.3. The second-order valence-corrected chi connectivity index (χ2v) is 5.06. The largest absolute Gasteiger partial charge is 0.459 e. The van der Waals surface area contributed by atoms with Gasteiger partial charge < -0.3 is 14.3 Å². The van der Waals surface area contributed by atoms with E-state index in [2.05, 4.69) is 41.4 Å². The van der Waals surface area contributed by atoms with Gasteiger partial charge in [-0.1, -0.05) is 30.3 Å². The molecule has 5 nitrogen and oxygen atoms in total. The van der Waals surface area contributed by atoms with Gasteiger partial charge in [-0.05, 0) is 19.4 Å². The molecule has 0 fully saturated rings. The molecular formula is C16H19N3O2. The van der Waals surface area contributed by atoms with Crippen LogP contribution >= 0.6 is 0 Å². The Labute approximate surface area is 123 Å². The molecule has 0 aliphatic carbocycles. The van der Waals surface area contributed by atoms with Gasteiger partial charge in [-0.3, -0.25) is 0 Å². The van der Waals surface area contributed by atoms with Crippen LogP contribution in [0.3, 0.4) is 0 Å². The Hall–Kier alpha value is -2.14. The normalized spacial score (nSPS) is 12.9. The summed E-state index contributed by atoms with van der Waals surface area (Å²) in [5, 5.41) is 8.26. The van der Waals surface area contributed by atoms with Crippen molar-refractivity contribution in [3.8, 4) is 0 Å². The van der Waals surface area contributed by atoms with Gasteiger partial charge in [0.1, 0.15) is 11.3 Å². The number of fused-ring (bicyclic) bond motifs is 1. The number of nitrogens with one attached hydrogen (secondary N) is 1. The molecule has 0 bridgehead atoms. The third kappa shape index (κ3) is 2.83. The van der Waals surface area contributed by atoms with Gasteiger partial charge in [0.05, 0.1) is 6.04 Å². The summed E-state index contributed by atoms with van der Waals surface area (Å²) < 4.78 is 11.0. The van der Waals surface area contributed by atoms with Crippen LogP contribution in [0.5, 0.6) is 0 Å². The molecule has 1 unspecified atom stereocenters. The Balaban J connectivity index is 1.73. The van der Waals surface area contributed by atoms with Crippen LogP contribution < -0.4 is 5.32 Å². The fraction of sp³-hybridized carbons (Fsp3) is 0.375. The molecule has 0 amide bonds. The summed E-state index contributed by atoms with van der Waals surface area (Å²) in [6.45, 7) is 5.04. The molecule has 1 aromatic carbocycles. The lowest BCUT2D eigenvalue weighted by Gasteiger charge is -2.12. The van der Waals surface area contributed by atoms with Crippen molar-refractivity contribution in [2.24, 2.45) is 0 Å². The molecule has 0 spiro atoms. The van der Waals surface area contributed by atoms with Crippen molar-refractivity contribution in [2.45, 2.75) is 32.7 Å². The van der Waals surface area contributed by atoms with Crippen LogP contribution in [0, 0.1) is 0 Å². The Morgan fingerprint density at radius 1 is 1.29 bits per heavy atom. The Kier molecular flexibility index (Phi) is 4.01. The number of hydrogen-bond acceptors (Lipinski definition) is 5. The van der Waals surface area contributed by atoms with Gasteiger partial charge >= 0.3 is 0 Å². The van der Waals surface area contributed by atoms with Crippen molar-refractivity contribution in [2.75, 3.05) is 6.54 Å². The van der Waals surface area contributed by atoms with E-state index in [1.54, 1.807) is 0 Å². The number of furan rings is 1. The maximum Gasteiger partial charge on any atom is 0.227 e. The highest BCUT2D eigenvalue weighted by Gasteiger charge is 2.17. The van der Waals surface area contributed by atoms with E-state index in [1.165, 1.54) is 17.3 Å². The monoisotopic (exact) mass is 285 g/mol. The number of hydrogen-bond donors (Lipinski definition) is 1. The zero-order chi connectivity index (χ0) is 14.7. The van der Waals surface area contributed by atoms with Crippen molar-refractivity contribution in [1.82, 2.24) is 15.5 Å². The molecule has 1 atom stereocenters. The summed E-state index contributed by atoms with van der Waals surface area (Å²) in [4.78, 5) is 4.01. The van der Waals surface area contributed by atoms with Gasteiger partial charge in [-0.15, -0.1) is 0 Å².